The first-order chi connectivity index (χ1) is 11.6. The number of aromatic hydroxyl groups is 1. The van der Waals surface area contributed by atoms with Crippen molar-refractivity contribution >= 4 is 11.6 Å². The van der Waals surface area contributed by atoms with Gasteiger partial charge in [-0.05, 0) is 36.8 Å². The van der Waals surface area contributed by atoms with Gasteiger partial charge >= 0.3 is 0 Å². The van der Waals surface area contributed by atoms with Crippen molar-refractivity contribution in [1.82, 2.24) is 4.90 Å². The lowest BCUT2D eigenvalue weighted by Crippen LogP contribution is -2.50. The SMILES string of the molecule is Cc1cccc(N2CCN(C(=O)COc3ccccc3O)CC2)c1. The summed E-state index contributed by atoms with van der Waals surface area (Å²) in [6.45, 7) is 5.01. The van der Waals surface area contributed by atoms with E-state index in [4.69, 9.17) is 4.74 Å². The number of phenols is 1. The molecule has 0 atom stereocenters. The number of amides is 1. The molecule has 5 heteroatoms. The zero-order valence-corrected chi connectivity index (χ0v) is 13.8. The van der Waals surface area contributed by atoms with Crippen LogP contribution in [0.25, 0.3) is 0 Å². The van der Waals surface area contributed by atoms with Crippen molar-refractivity contribution in [1.29, 1.82) is 0 Å². The van der Waals surface area contributed by atoms with E-state index in [1.165, 1.54) is 11.3 Å². The molecule has 1 aliphatic heterocycles. The summed E-state index contributed by atoms with van der Waals surface area (Å²) >= 11 is 0. The van der Waals surface area contributed by atoms with Gasteiger partial charge in [0.2, 0.25) is 0 Å². The largest absolute Gasteiger partial charge is 0.504 e. The Morgan fingerprint density at radius 1 is 1.08 bits per heavy atom. The number of hydrogen-bond donors (Lipinski definition) is 1. The number of para-hydroxylation sites is 2. The van der Waals surface area contributed by atoms with E-state index in [-0.39, 0.29) is 18.3 Å². The van der Waals surface area contributed by atoms with Gasteiger partial charge in [0.05, 0.1) is 0 Å². The van der Waals surface area contributed by atoms with Gasteiger partial charge in [0.15, 0.2) is 18.1 Å². The molecule has 24 heavy (non-hydrogen) atoms. The standard InChI is InChI=1S/C19H22N2O3/c1-15-5-4-6-16(13-15)20-9-11-21(12-10-20)19(23)14-24-18-8-3-2-7-17(18)22/h2-8,13,22H,9-12,14H2,1H3. The molecule has 0 aliphatic carbocycles. The van der Waals surface area contributed by atoms with Gasteiger partial charge in [0, 0.05) is 31.9 Å². The Kier molecular flexibility index (Phi) is 4.89. The molecule has 0 bridgehead atoms. The highest BCUT2D eigenvalue weighted by molar-refractivity contribution is 5.78. The van der Waals surface area contributed by atoms with E-state index in [9.17, 15) is 9.90 Å². The Balaban J connectivity index is 1.51. The molecule has 2 aromatic carbocycles. The minimum atomic E-state index is -0.0536. The molecule has 0 unspecified atom stereocenters. The lowest BCUT2D eigenvalue weighted by Gasteiger charge is -2.36. The molecule has 3 rings (SSSR count). The number of aryl methyl sites for hydroxylation is 1. The Hall–Kier alpha value is -2.69. The van der Waals surface area contributed by atoms with E-state index >= 15 is 0 Å². The summed E-state index contributed by atoms with van der Waals surface area (Å²) in [5.41, 5.74) is 2.44. The van der Waals surface area contributed by atoms with Gasteiger partial charge in [0.25, 0.3) is 5.91 Å². The third-order valence-electron chi connectivity index (χ3n) is 4.22. The molecule has 1 saturated heterocycles. The number of carbonyl (C=O) groups is 1. The highest BCUT2D eigenvalue weighted by Gasteiger charge is 2.21. The van der Waals surface area contributed by atoms with Crippen LogP contribution in [0.2, 0.25) is 0 Å². The molecule has 1 amide bonds. The summed E-state index contributed by atoms with van der Waals surface area (Å²) in [4.78, 5) is 16.4. The van der Waals surface area contributed by atoms with E-state index in [2.05, 4.69) is 36.1 Å². The predicted molar refractivity (Wildman–Crippen MR) is 93.6 cm³/mol. The quantitative estimate of drug-likeness (QED) is 0.937. The van der Waals surface area contributed by atoms with Crippen molar-refractivity contribution in [2.75, 3.05) is 37.7 Å². The summed E-state index contributed by atoms with van der Waals surface area (Å²) in [6.07, 6.45) is 0. The summed E-state index contributed by atoms with van der Waals surface area (Å²) in [6, 6.07) is 15.1. The zero-order chi connectivity index (χ0) is 16.9. The molecule has 1 heterocycles. The summed E-state index contributed by atoms with van der Waals surface area (Å²) in [5, 5.41) is 9.66. The summed E-state index contributed by atoms with van der Waals surface area (Å²) in [7, 11) is 0. The average Bonchev–Trinajstić information content (AvgIpc) is 2.61. The van der Waals surface area contributed by atoms with Crippen LogP contribution in [0, 0.1) is 6.92 Å². The number of nitrogens with zero attached hydrogens (tertiary/aromatic N) is 2. The molecule has 0 saturated carbocycles. The third-order valence-corrected chi connectivity index (χ3v) is 4.22. The molecule has 5 nitrogen and oxygen atoms in total. The Morgan fingerprint density at radius 2 is 1.83 bits per heavy atom. The van der Waals surface area contributed by atoms with Crippen molar-refractivity contribution in [3.05, 3.63) is 54.1 Å². The first-order valence-electron chi connectivity index (χ1n) is 8.13. The van der Waals surface area contributed by atoms with Crippen LogP contribution < -0.4 is 9.64 Å². The van der Waals surface area contributed by atoms with Crippen molar-refractivity contribution in [2.24, 2.45) is 0 Å². The fourth-order valence-electron chi connectivity index (χ4n) is 2.85. The van der Waals surface area contributed by atoms with Gasteiger partial charge in [-0.2, -0.15) is 0 Å². The number of rotatable bonds is 4. The van der Waals surface area contributed by atoms with E-state index in [0.717, 1.165) is 13.1 Å². The van der Waals surface area contributed by atoms with Gasteiger partial charge in [-0.15, -0.1) is 0 Å². The fraction of sp³-hybridized carbons (Fsp3) is 0.316. The monoisotopic (exact) mass is 326 g/mol. The Morgan fingerprint density at radius 3 is 2.54 bits per heavy atom. The maximum Gasteiger partial charge on any atom is 0.260 e. The van der Waals surface area contributed by atoms with Crippen LogP contribution in [0.4, 0.5) is 5.69 Å². The number of anilines is 1. The first kappa shape index (κ1) is 16.2. The Bertz CT molecular complexity index is 709. The Labute approximate surface area is 142 Å². The number of hydrogen-bond acceptors (Lipinski definition) is 4. The van der Waals surface area contributed by atoms with Gasteiger partial charge in [-0.25, -0.2) is 0 Å². The molecule has 0 spiro atoms. The maximum absolute atomic E-state index is 12.3. The van der Waals surface area contributed by atoms with Crippen LogP contribution >= 0.6 is 0 Å². The second kappa shape index (κ2) is 7.25. The van der Waals surface area contributed by atoms with E-state index < -0.39 is 0 Å². The minimum Gasteiger partial charge on any atom is -0.504 e. The van der Waals surface area contributed by atoms with Crippen molar-refractivity contribution in [3.8, 4) is 11.5 Å². The smallest absolute Gasteiger partial charge is 0.260 e. The predicted octanol–water partition coefficient (Wildman–Crippen LogP) is 2.43. The number of carbonyl (C=O) groups excluding carboxylic acids is 1. The van der Waals surface area contributed by atoms with Crippen LogP contribution in [0.3, 0.4) is 0 Å². The molecule has 0 radical (unpaired) electrons. The average molecular weight is 326 g/mol. The molecular weight excluding hydrogens is 304 g/mol. The van der Waals surface area contributed by atoms with Gasteiger partial charge in [-0.3, -0.25) is 4.79 Å². The molecule has 1 N–H and O–H groups in total. The molecular formula is C19H22N2O3. The number of ether oxygens (including phenoxy) is 1. The lowest BCUT2D eigenvalue weighted by atomic mass is 10.2. The van der Waals surface area contributed by atoms with Crippen LogP contribution in [0.5, 0.6) is 11.5 Å². The summed E-state index contributed by atoms with van der Waals surface area (Å²) in [5.74, 6) is 0.334. The molecule has 126 valence electrons. The topological polar surface area (TPSA) is 53.0 Å². The lowest BCUT2D eigenvalue weighted by molar-refractivity contribution is -0.133. The van der Waals surface area contributed by atoms with Gasteiger partial charge in [-0.1, -0.05) is 24.3 Å². The minimum absolute atomic E-state index is 0.0505. The van der Waals surface area contributed by atoms with Crippen molar-refractivity contribution in [3.63, 3.8) is 0 Å². The highest BCUT2D eigenvalue weighted by Crippen LogP contribution is 2.24. The molecule has 2 aromatic rings. The molecule has 1 fully saturated rings. The van der Waals surface area contributed by atoms with E-state index in [1.54, 1.807) is 24.3 Å². The second-order valence-electron chi connectivity index (χ2n) is 5.96. The number of phenolic OH excluding ortho intramolecular Hbond substituents is 1. The highest BCUT2D eigenvalue weighted by atomic mass is 16.5. The molecule has 0 aromatic heterocycles. The second-order valence-corrected chi connectivity index (χ2v) is 5.96. The van der Waals surface area contributed by atoms with Crippen molar-refractivity contribution in [2.45, 2.75) is 6.92 Å². The third kappa shape index (κ3) is 3.79. The number of piperazine rings is 1. The van der Waals surface area contributed by atoms with Gasteiger partial charge < -0.3 is 19.6 Å². The maximum atomic E-state index is 12.3. The van der Waals surface area contributed by atoms with Crippen LogP contribution in [-0.2, 0) is 4.79 Å². The summed E-state index contributed by atoms with van der Waals surface area (Å²) < 4.78 is 5.42. The molecule has 1 aliphatic rings. The first-order valence-corrected chi connectivity index (χ1v) is 8.13. The van der Waals surface area contributed by atoms with E-state index in [0.29, 0.717) is 18.8 Å². The van der Waals surface area contributed by atoms with Crippen LogP contribution in [-0.4, -0.2) is 48.7 Å². The number of benzene rings is 2. The van der Waals surface area contributed by atoms with Crippen LogP contribution in [0.15, 0.2) is 48.5 Å². The van der Waals surface area contributed by atoms with Gasteiger partial charge in [0.1, 0.15) is 0 Å². The van der Waals surface area contributed by atoms with Crippen LogP contribution in [0.1, 0.15) is 5.56 Å². The van der Waals surface area contributed by atoms with E-state index in [1.807, 2.05) is 4.90 Å². The van der Waals surface area contributed by atoms with Crippen molar-refractivity contribution < 1.29 is 14.6 Å². The zero-order valence-electron chi connectivity index (χ0n) is 13.8. The fourth-order valence-corrected chi connectivity index (χ4v) is 2.85. The normalized spacial score (nSPS) is 14.5.